The SMILES string of the molecule is Nc1ncnn2c(CO)c(CO)c(-c3ccc(NC(=O)Nc4cc(C(F)(F)F)ccc4F)cc3)c12. The molecule has 2 aromatic heterocycles. The molecule has 0 fully saturated rings. The highest BCUT2D eigenvalue weighted by Crippen LogP contribution is 2.36. The van der Waals surface area contributed by atoms with Gasteiger partial charge in [-0.1, -0.05) is 12.1 Å². The van der Waals surface area contributed by atoms with Crippen LogP contribution in [0.1, 0.15) is 16.8 Å². The third kappa shape index (κ3) is 4.58. The molecule has 0 atom stereocenters. The molecule has 0 bridgehead atoms. The Balaban J connectivity index is 1.60. The lowest BCUT2D eigenvalue weighted by Crippen LogP contribution is -2.20. The minimum absolute atomic E-state index is 0.120. The first-order valence-electron chi connectivity index (χ1n) is 10.0. The largest absolute Gasteiger partial charge is 0.416 e. The molecule has 0 aliphatic carbocycles. The molecule has 13 heteroatoms. The summed E-state index contributed by atoms with van der Waals surface area (Å²) in [5, 5.41) is 28.2. The first-order valence-corrected chi connectivity index (χ1v) is 10.0. The first kappa shape index (κ1) is 23.9. The van der Waals surface area contributed by atoms with Gasteiger partial charge in [-0.15, -0.1) is 0 Å². The number of aromatic nitrogens is 3. The lowest BCUT2D eigenvalue weighted by Gasteiger charge is -2.12. The van der Waals surface area contributed by atoms with Crippen LogP contribution in [0, 0.1) is 5.82 Å². The molecule has 0 saturated heterocycles. The third-order valence-corrected chi connectivity index (χ3v) is 5.24. The van der Waals surface area contributed by atoms with Gasteiger partial charge in [-0.3, -0.25) is 0 Å². The summed E-state index contributed by atoms with van der Waals surface area (Å²) in [4.78, 5) is 16.2. The average molecular weight is 490 g/mol. The molecule has 0 spiro atoms. The third-order valence-electron chi connectivity index (χ3n) is 5.24. The van der Waals surface area contributed by atoms with E-state index in [1.54, 1.807) is 12.1 Å². The van der Waals surface area contributed by atoms with Crippen molar-refractivity contribution in [3.8, 4) is 11.1 Å². The van der Waals surface area contributed by atoms with Gasteiger partial charge in [0.05, 0.1) is 30.2 Å². The van der Waals surface area contributed by atoms with E-state index in [2.05, 4.69) is 20.7 Å². The van der Waals surface area contributed by atoms with Crippen LogP contribution in [-0.4, -0.2) is 30.8 Å². The van der Waals surface area contributed by atoms with Crippen LogP contribution >= 0.6 is 0 Å². The molecule has 2 amide bonds. The quantitative estimate of drug-likeness (QED) is 0.270. The summed E-state index contributed by atoms with van der Waals surface area (Å²) >= 11 is 0. The predicted octanol–water partition coefficient (Wildman–Crippen LogP) is 3.77. The second-order valence-electron chi connectivity index (χ2n) is 7.37. The second-order valence-corrected chi connectivity index (χ2v) is 7.37. The number of nitrogens with one attached hydrogen (secondary N) is 2. The fourth-order valence-corrected chi connectivity index (χ4v) is 3.67. The highest BCUT2D eigenvalue weighted by molar-refractivity contribution is 6.00. The van der Waals surface area contributed by atoms with Crippen molar-refractivity contribution in [1.82, 2.24) is 14.6 Å². The van der Waals surface area contributed by atoms with Crippen molar-refractivity contribution >= 4 is 28.7 Å². The fraction of sp³-hybridized carbons (Fsp3) is 0.136. The van der Waals surface area contributed by atoms with Crippen molar-refractivity contribution in [2.45, 2.75) is 19.4 Å². The number of nitrogens with zero attached hydrogens (tertiary/aromatic N) is 3. The van der Waals surface area contributed by atoms with E-state index in [0.717, 1.165) is 0 Å². The van der Waals surface area contributed by atoms with Crippen molar-refractivity contribution in [3.63, 3.8) is 0 Å². The standard InChI is InChI=1S/C22H18F4N6O3/c23-15-6-3-12(22(24,25)26)7-16(15)31-21(35)30-13-4-1-11(2-5-13)18-14(8-33)17(9-34)32-19(18)20(27)28-10-29-32/h1-7,10,33-34H,8-9H2,(H2,27,28,29)(H2,30,31,35). The number of anilines is 3. The summed E-state index contributed by atoms with van der Waals surface area (Å²) in [6.07, 6.45) is -3.48. The normalized spacial score (nSPS) is 11.6. The Morgan fingerprint density at radius 1 is 1.06 bits per heavy atom. The van der Waals surface area contributed by atoms with Gasteiger partial charge in [-0.2, -0.15) is 18.3 Å². The molecule has 2 heterocycles. The number of rotatable bonds is 5. The summed E-state index contributed by atoms with van der Waals surface area (Å²) in [5.41, 5.74) is 6.65. The number of hydrogen-bond donors (Lipinski definition) is 5. The smallest absolute Gasteiger partial charge is 0.392 e. The van der Waals surface area contributed by atoms with Gasteiger partial charge in [0.2, 0.25) is 0 Å². The number of nitrogen functional groups attached to an aromatic ring is 1. The lowest BCUT2D eigenvalue weighted by atomic mass is 10.0. The summed E-state index contributed by atoms with van der Waals surface area (Å²) in [7, 11) is 0. The van der Waals surface area contributed by atoms with Crippen LogP contribution in [-0.2, 0) is 19.4 Å². The Morgan fingerprint density at radius 2 is 1.77 bits per heavy atom. The molecule has 0 aliphatic rings. The summed E-state index contributed by atoms with van der Waals surface area (Å²) in [6.45, 7) is -0.835. The molecule has 6 N–H and O–H groups in total. The van der Waals surface area contributed by atoms with E-state index in [-0.39, 0.29) is 11.5 Å². The summed E-state index contributed by atoms with van der Waals surface area (Å²) in [5.74, 6) is -0.908. The molecular weight excluding hydrogens is 472 g/mol. The number of alkyl halides is 3. The van der Waals surface area contributed by atoms with E-state index in [9.17, 15) is 32.6 Å². The Hall–Kier alpha value is -4.23. The number of fused-ring (bicyclic) bond motifs is 1. The highest BCUT2D eigenvalue weighted by Gasteiger charge is 2.31. The summed E-state index contributed by atoms with van der Waals surface area (Å²) in [6, 6.07) is 6.87. The van der Waals surface area contributed by atoms with Crippen LogP contribution in [0.4, 0.5) is 39.5 Å². The van der Waals surface area contributed by atoms with Gasteiger partial charge in [0.1, 0.15) is 17.7 Å². The molecular formula is C22H18F4N6O3. The van der Waals surface area contributed by atoms with Crippen LogP contribution < -0.4 is 16.4 Å². The number of carbonyl (C=O) groups is 1. The van der Waals surface area contributed by atoms with Crippen molar-refractivity contribution in [2.24, 2.45) is 0 Å². The van der Waals surface area contributed by atoms with Gasteiger partial charge in [0.15, 0.2) is 5.82 Å². The highest BCUT2D eigenvalue weighted by atomic mass is 19.4. The van der Waals surface area contributed by atoms with Crippen LogP contribution in [0.15, 0.2) is 48.8 Å². The number of amides is 2. The van der Waals surface area contributed by atoms with Gasteiger partial charge in [0.25, 0.3) is 0 Å². The number of nitrogens with two attached hydrogens (primary N) is 1. The van der Waals surface area contributed by atoms with Crippen LogP contribution in [0.5, 0.6) is 0 Å². The minimum atomic E-state index is -4.70. The summed E-state index contributed by atoms with van der Waals surface area (Å²) < 4.78 is 53.9. The maximum Gasteiger partial charge on any atom is 0.416 e. The van der Waals surface area contributed by atoms with Gasteiger partial charge >= 0.3 is 12.2 Å². The Morgan fingerprint density at radius 3 is 2.40 bits per heavy atom. The van der Waals surface area contributed by atoms with Gasteiger partial charge in [-0.25, -0.2) is 18.7 Å². The van der Waals surface area contributed by atoms with Crippen LogP contribution in [0.2, 0.25) is 0 Å². The zero-order chi connectivity index (χ0) is 25.3. The van der Waals surface area contributed by atoms with Crippen LogP contribution in [0.25, 0.3) is 16.6 Å². The molecule has 4 aromatic rings. The monoisotopic (exact) mass is 490 g/mol. The number of hydrogen-bond acceptors (Lipinski definition) is 6. The number of benzene rings is 2. The van der Waals surface area contributed by atoms with E-state index in [1.807, 2.05) is 0 Å². The Bertz CT molecular complexity index is 1400. The zero-order valence-electron chi connectivity index (χ0n) is 17.8. The van der Waals surface area contributed by atoms with Crippen molar-refractivity contribution < 1.29 is 32.6 Å². The number of aliphatic hydroxyl groups excluding tert-OH is 2. The molecule has 0 radical (unpaired) electrons. The number of carbonyl (C=O) groups excluding carboxylic acids is 1. The van der Waals surface area contributed by atoms with Crippen LogP contribution in [0.3, 0.4) is 0 Å². The second kappa shape index (κ2) is 9.19. The predicted molar refractivity (Wildman–Crippen MR) is 119 cm³/mol. The molecule has 0 unspecified atom stereocenters. The van der Waals surface area contributed by atoms with Crippen molar-refractivity contribution in [1.29, 1.82) is 0 Å². The van der Waals surface area contributed by atoms with Gasteiger partial charge in [-0.05, 0) is 35.9 Å². The maximum absolute atomic E-state index is 13.9. The average Bonchev–Trinajstić information content (AvgIpc) is 3.15. The van der Waals surface area contributed by atoms with E-state index in [1.165, 1.54) is 23.0 Å². The van der Waals surface area contributed by atoms with Crippen molar-refractivity contribution in [2.75, 3.05) is 16.4 Å². The molecule has 0 saturated carbocycles. The zero-order valence-corrected chi connectivity index (χ0v) is 17.8. The topological polar surface area (TPSA) is 138 Å². The van der Waals surface area contributed by atoms with Gasteiger partial charge < -0.3 is 26.6 Å². The first-order chi connectivity index (χ1) is 16.6. The van der Waals surface area contributed by atoms with E-state index in [0.29, 0.717) is 46.1 Å². The lowest BCUT2D eigenvalue weighted by molar-refractivity contribution is -0.137. The molecule has 4 rings (SSSR count). The number of urea groups is 1. The maximum atomic E-state index is 13.9. The van der Waals surface area contributed by atoms with E-state index < -0.39 is 42.5 Å². The molecule has 9 nitrogen and oxygen atoms in total. The molecule has 182 valence electrons. The molecule has 2 aromatic carbocycles. The Kier molecular flexibility index (Phi) is 6.28. The fourth-order valence-electron chi connectivity index (χ4n) is 3.67. The Labute approximate surface area is 194 Å². The van der Waals surface area contributed by atoms with E-state index in [4.69, 9.17) is 5.73 Å². The number of aliphatic hydroxyl groups is 2. The van der Waals surface area contributed by atoms with Crippen molar-refractivity contribution in [3.05, 3.63) is 71.4 Å². The van der Waals surface area contributed by atoms with E-state index >= 15 is 0 Å². The van der Waals surface area contributed by atoms with Gasteiger partial charge in [0, 0.05) is 16.8 Å². The molecule has 0 aliphatic heterocycles. The molecule has 35 heavy (non-hydrogen) atoms. The minimum Gasteiger partial charge on any atom is -0.392 e. The number of halogens is 4.